The van der Waals surface area contributed by atoms with E-state index in [2.05, 4.69) is 10.4 Å². The molecule has 1 rings (SSSR count). The van der Waals surface area contributed by atoms with Crippen molar-refractivity contribution in [2.45, 2.75) is 0 Å². The molecule has 0 saturated heterocycles. The summed E-state index contributed by atoms with van der Waals surface area (Å²) in [5, 5.41) is 7.24. The van der Waals surface area contributed by atoms with Gasteiger partial charge in [-0.25, -0.2) is 0 Å². The van der Waals surface area contributed by atoms with Gasteiger partial charge in [0.15, 0.2) is 0 Å². The van der Waals surface area contributed by atoms with E-state index in [4.69, 9.17) is 4.74 Å². The van der Waals surface area contributed by atoms with Gasteiger partial charge in [-0.3, -0.25) is 4.68 Å². The standard InChI is InChI=1S/C7H13N3O/c1-10-5-3-7(9-10)8-4-6-11-2/h3,5H,4,6H2,1-2H3,(H,8,9). The minimum Gasteiger partial charge on any atom is -0.383 e. The first-order valence-corrected chi connectivity index (χ1v) is 3.55. The van der Waals surface area contributed by atoms with Crippen LogP contribution in [0, 0.1) is 0 Å². The zero-order valence-corrected chi connectivity index (χ0v) is 6.87. The van der Waals surface area contributed by atoms with Crippen LogP contribution < -0.4 is 5.32 Å². The van der Waals surface area contributed by atoms with Crippen molar-refractivity contribution in [2.75, 3.05) is 25.6 Å². The number of hydrogen-bond acceptors (Lipinski definition) is 3. The largest absolute Gasteiger partial charge is 0.383 e. The van der Waals surface area contributed by atoms with Gasteiger partial charge in [-0.05, 0) is 0 Å². The first-order valence-electron chi connectivity index (χ1n) is 3.55. The number of nitrogens with one attached hydrogen (secondary N) is 1. The first kappa shape index (κ1) is 8.07. The Labute approximate surface area is 66.2 Å². The summed E-state index contributed by atoms with van der Waals surface area (Å²) < 4.78 is 6.63. The van der Waals surface area contributed by atoms with Crippen molar-refractivity contribution in [2.24, 2.45) is 7.05 Å². The Morgan fingerprint density at radius 2 is 2.55 bits per heavy atom. The minimum atomic E-state index is 0.705. The van der Waals surface area contributed by atoms with Crippen molar-refractivity contribution in [3.63, 3.8) is 0 Å². The highest BCUT2D eigenvalue weighted by Gasteiger charge is 1.92. The summed E-state index contributed by atoms with van der Waals surface area (Å²) in [6.07, 6.45) is 1.90. The third-order valence-electron chi connectivity index (χ3n) is 1.33. The maximum Gasteiger partial charge on any atom is 0.148 e. The number of aromatic nitrogens is 2. The fourth-order valence-corrected chi connectivity index (χ4v) is 0.791. The smallest absolute Gasteiger partial charge is 0.148 e. The number of anilines is 1. The lowest BCUT2D eigenvalue weighted by Crippen LogP contribution is -2.08. The second-order valence-corrected chi connectivity index (χ2v) is 2.29. The monoisotopic (exact) mass is 155 g/mol. The van der Waals surface area contributed by atoms with Crippen LogP contribution in [-0.4, -0.2) is 30.0 Å². The molecule has 62 valence electrons. The lowest BCUT2D eigenvalue weighted by molar-refractivity contribution is 0.210. The SMILES string of the molecule is COCCNc1ccn(C)n1. The van der Waals surface area contributed by atoms with Crippen molar-refractivity contribution >= 4 is 5.82 Å². The molecule has 0 aliphatic heterocycles. The summed E-state index contributed by atoms with van der Waals surface area (Å²) in [6, 6.07) is 1.93. The van der Waals surface area contributed by atoms with E-state index in [-0.39, 0.29) is 0 Å². The minimum absolute atomic E-state index is 0.705. The van der Waals surface area contributed by atoms with Crippen molar-refractivity contribution in [1.29, 1.82) is 0 Å². The zero-order valence-electron chi connectivity index (χ0n) is 6.87. The van der Waals surface area contributed by atoms with Crippen LogP contribution in [0.25, 0.3) is 0 Å². The molecule has 0 spiro atoms. The Hall–Kier alpha value is -1.03. The third kappa shape index (κ3) is 2.59. The van der Waals surface area contributed by atoms with Gasteiger partial charge >= 0.3 is 0 Å². The first-order chi connectivity index (χ1) is 5.33. The average Bonchev–Trinajstić information content (AvgIpc) is 2.37. The summed E-state index contributed by atoms with van der Waals surface area (Å²) in [7, 11) is 3.57. The highest BCUT2D eigenvalue weighted by atomic mass is 16.5. The summed E-state index contributed by atoms with van der Waals surface area (Å²) in [5.74, 6) is 0.893. The number of methoxy groups -OCH3 is 1. The highest BCUT2D eigenvalue weighted by molar-refractivity contribution is 5.31. The van der Waals surface area contributed by atoms with E-state index < -0.39 is 0 Å². The molecule has 0 radical (unpaired) electrons. The van der Waals surface area contributed by atoms with Crippen molar-refractivity contribution in [1.82, 2.24) is 9.78 Å². The average molecular weight is 155 g/mol. The fourth-order valence-electron chi connectivity index (χ4n) is 0.791. The normalized spacial score (nSPS) is 10.0. The molecule has 4 heteroatoms. The van der Waals surface area contributed by atoms with Crippen LogP contribution >= 0.6 is 0 Å². The molecule has 0 fully saturated rings. The van der Waals surface area contributed by atoms with Gasteiger partial charge in [-0.1, -0.05) is 0 Å². The Morgan fingerprint density at radius 1 is 1.73 bits per heavy atom. The molecule has 0 aliphatic rings. The molecule has 0 atom stereocenters. The van der Waals surface area contributed by atoms with Crippen molar-refractivity contribution < 1.29 is 4.74 Å². The summed E-state index contributed by atoms with van der Waals surface area (Å²) in [5.41, 5.74) is 0. The second kappa shape index (κ2) is 3.98. The summed E-state index contributed by atoms with van der Waals surface area (Å²) >= 11 is 0. The summed E-state index contributed by atoms with van der Waals surface area (Å²) in [6.45, 7) is 1.50. The molecule has 11 heavy (non-hydrogen) atoms. The van der Waals surface area contributed by atoms with Crippen LogP contribution in [0.15, 0.2) is 12.3 Å². The predicted molar refractivity (Wildman–Crippen MR) is 43.6 cm³/mol. The van der Waals surface area contributed by atoms with E-state index in [1.807, 2.05) is 19.3 Å². The number of aryl methyl sites for hydroxylation is 1. The molecule has 0 bridgehead atoms. The number of hydrogen-bond donors (Lipinski definition) is 1. The van der Waals surface area contributed by atoms with Crippen LogP contribution in [0.1, 0.15) is 0 Å². The fraction of sp³-hybridized carbons (Fsp3) is 0.571. The van der Waals surface area contributed by atoms with Crippen LogP contribution in [0.4, 0.5) is 5.82 Å². The van der Waals surface area contributed by atoms with E-state index in [1.54, 1.807) is 11.8 Å². The van der Waals surface area contributed by atoms with Gasteiger partial charge in [-0.2, -0.15) is 5.10 Å². The van der Waals surface area contributed by atoms with Crippen molar-refractivity contribution in [3.8, 4) is 0 Å². The second-order valence-electron chi connectivity index (χ2n) is 2.29. The van der Waals surface area contributed by atoms with Gasteiger partial charge in [0.05, 0.1) is 6.61 Å². The molecule has 0 saturated carbocycles. The topological polar surface area (TPSA) is 39.1 Å². The Kier molecular flexibility index (Phi) is 2.92. The quantitative estimate of drug-likeness (QED) is 0.643. The van der Waals surface area contributed by atoms with Crippen LogP contribution in [0.5, 0.6) is 0 Å². The molecule has 0 aliphatic carbocycles. The van der Waals surface area contributed by atoms with Gasteiger partial charge < -0.3 is 10.1 Å². The molecule has 1 N–H and O–H groups in total. The Balaban J connectivity index is 2.27. The predicted octanol–water partition coefficient (Wildman–Crippen LogP) is 0.478. The van der Waals surface area contributed by atoms with Crippen LogP contribution in [0.3, 0.4) is 0 Å². The molecule has 1 aromatic heterocycles. The van der Waals surface area contributed by atoms with Gasteiger partial charge in [-0.15, -0.1) is 0 Å². The summed E-state index contributed by atoms with van der Waals surface area (Å²) in [4.78, 5) is 0. The molecule has 0 aromatic carbocycles. The zero-order chi connectivity index (χ0) is 8.10. The number of rotatable bonds is 4. The lowest BCUT2D eigenvalue weighted by atomic mass is 10.6. The highest BCUT2D eigenvalue weighted by Crippen LogP contribution is 1.98. The van der Waals surface area contributed by atoms with E-state index >= 15 is 0 Å². The maximum atomic E-state index is 4.87. The maximum absolute atomic E-state index is 4.87. The lowest BCUT2D eigenvalue weighted by Gasteiger charge is -1.99. The van der Waals surface area contributed by atoms with E-state index in [1.165, 1.54) is 0 Å². The Bertz CT molecular complexity index is 209. The van der Waals surface area contributed by atoms with E-state index in [0.29, 0.717) is 6.61 Å². The number of nitrogens with zero attached hydrogens (tertiary/aromatic N) is 2. The van der Waals surface area contributed by atoms with Gasteiger partial charge in [0, 0.05) is 33.0 Å². The molecule has 0 unspecified atom stereocenters. The van der Waals surface area contributed by atoms with Gasteiger partial charge in [0.25, 0.3) is 0 Å². The van der Waals surface area contributed by atoms with Crippen LogP contribution in [-0.2, 0) is 11.8 Å². The van der Waals surface area contributed by atoms with Gasteiger partial charge in [0.2, 0.25) is 0 Å². The molecule has 1 aromatic rings. The molecule has 4 nitrogen and oxygen atoms in total. The van der Waals surface area contributed by atoms with Crippen LogP contribution in [0.2, 0.25) is 0 Å². The number of ether oxygens (including phenoxy) is 1. The van der Waals surface area contributed by atoms with Crippen molar-refractivity contribution in [3.05, 3.63) is 12.3 Å². The molecular weight excluding hydrogens is 142 g/mol. The molecule has 1 heterocycles. The van der Waals surface area contributed by atoms with Gasteiger partial charge in [0.1, 0.15) is 5.82 Å². The molecule has 0 amide bonds. The van der Waals surface area contributed by atoms with E-state index in [0.717, 1.165) is 12.4 Å². The van der Waals surface area contributed by atoms with E-state index in [9.17, 15) is 0 Å². The third-order valence-corrected chi connectivity index (χ3v) is 1.33. The Morgan fingerprint density at radius 3 is 3.09 bits per heavy atom. The molecular formula is C7H13N3O.